The summed E-state index contributed by atoms with van der Waals surface area (Å²) in [5.41, 5.74) is 0. The van der Waals surface area contributed by atoms with Gasteiger partial charge in [-0.1, -0.05) is 30.0 Å². The second kappa shape index (κ2) is 5.82. The number of thiol groups is 1. The summed E-state index contributed by atoms with van der Waals surface area (Å²) >= 11 is 7.64. The number of aromatic nitrogens is 2. The van der Waals surface area contributed by atoms with Gasteiger partial charge in [0.2, 0.25) is 5.13 Å². The summed E-state index contributed by atoms with van der Waals surface area (Å²) in [7, 11) is 3.95. The van der Waals surface area contributed by atoms with Crippen LogP contribution in [0.1, 0.15) is 6.92 Å². The average Bonchev–Trinajstić information content (AvgIpc) is 2.62. The third-order valence-electron chi connectivity index (χ3n) is 1.58. The van der Waals surface area contributed by atoms with Gasteiger partial charge in [0.25, 0.3) is 0 Å². The zero-order valence-corrected chi connectivity index (χ0v) is 11.1. The molecule has 1 unspecified atom stereocenters. The van der Waals surface area contributed by atoms with Gasteiger partial charge in [-0.05, 0) is 11.7 Å². The fourth-order valence-electron chi connectivity index (χ4n) is 0.708. The first-order valence-electron chi connectivity index (χ1n) is 4.38. The summed E-state index contributed by atoms with van der Waals surface area (Å²) in [5.74, 6) is 2.60. The number of thioether (sulfide) groups is 1. The van der Waals surface area contributed by atoms with E-state index in [4.69, 9.17) is 0 Å². The van der Waals surface area contributed by atoms with Crippen molar-refractivity contribution < 1.29 is 0 Å². The lowest BCUT2D eigenvalue weighted by Crippen LogP contribution is -2.07. The molecule has 14 heavy (non-hydrogen) atoms. The molecular weight excluding hydrogens is 234 g/mol. The van der Waals surface area contributed by atoms with E-state index in [1.54, 1.807) is 23.1 Å². The molecule has 1 aromatic heterocycles. The van der Waals surface area contributed by atoms with Gasteiger partial charge in [0.1, 0.15) is 0 Å². The van der Waals surface area contributed by atoms with Gasteiger partial charge < -0.3 is 4.90 Å². The van der Waals surface area contributed by atoms with Gasteiger partial charge in [-0.2, -0.15) is 12.6 Å². The Labute approximate surface area is 98.7 Å². The van der Waals surface area contributed by atoms with Crippen LogP contribution in [0.2, 0.25) is 0 Å². The Kier molecular flexibility index (Phi) is 5.05. The van der Waals surface area contributed by atoms with Crippen molar-refractivity contribution in [2.45, 2.75) is 11.3 Å². The molecule has 3 nitrogen and oxygen atoms in total. The van der Waals surface area contributed by atoms with Crippen LogP contribution in [0.5, 0.6) is 0 Å². The smallest absolute Gasteiger partial charge is 0.208 e. The van der Waals surface area contributed by atoms with E-state index in [0.717, 1.165) is 21.0 Å². The molecule has 0 fully saturated rings. The molecule has 0 aliphatic carbocycles. The summed E-state index contributed by atoms with van der Waals surface area (Å²) in [6.07, 6.45) is 0. The molecule has 0 saturated carbocycles. The van der Waals surface area contributed by atoms with Crippen LogP contribution in [0.15, 0.2) is 4.34 Å². The zero-order chi connectivity index (χ0) is 10.6. The van der Waals surface area contributed by atoms with Crippen molar-refractivity contribution in [3.8, 4) is 0 Å². The first-order chi connectivity index (χ1) is 6.63. The zero-order valence-electron chi connectivity index (χ0n) is 8.60. The van der Waals surface area contributed by atoms with Gasteiger partial charge in [-0.25, -0.2) is 0 Å². The van der Waals surface area contributed by atoms with Crippen LogP contribution in [0, 0.1) is 5.92 Å². The van der Waals surface area contributed by atoms with E-state index in [9.17, 15) is 0 Å². The van der Waals surface area contributed by atoms with Gasteiger partial charge in [0.15, 0.2) is 4.34 Å². The molecule has 1 atom stereocenters. The van der Waals surface area contributed by atoms with Gasteiger partial charge in [0, 0.05) is 19.8 Å². The van der Waals surface area contributed by atoms with E-state index in [1.807, 2.05) is 19.0 Å². The van der Waals surface area contributed by atoms with Crippen molar-refractivity contribution in [3.05, 3.63) is 0 Å². The molecule has 0 amide bonds. The third kappa shape index (κ3) is 3.67. The number of hydrogen-bond donors (Lipinski definition) is 1. The molecule has 6 heteroatoms. The minimum Gasteiger partial charge on any atom is -0.353 e. The summed E-state index contributed by atoms with van der Waals surface area (Å²) < 4.78 is 1.04. The van der Waals surface area contributed by atoms with Crippen molar-refractivity contribution in [1.29, 1.82) is 0 Å². The molecule has 0 spiro atoms. The maximum Gasteiger partial charge on any atom is 0.208 e. The van der Waals surface area contributed by atoms with Gasteiger partial charge in [-0.15, -0.1) is 10.2 Å². The summed E-state index contributed by atoms with van der Waals surface area (Å²) in [4.78, 5) is 1.98. The van der Waals surface area contributed by atoms with Gasteiger partial charge >= 0.3 is 0 Å². The van der Waals surface area contributed by atoms with Crippen LogP contribution in [-0.2, 0) is 0 Å². The van der Waals surface area contributed by atoms with Crippen molar-refractivity contribution in [3.63, 3.8) is 0 Å². The van der Waals surface area contributed by atoms with Crippen molar-refractivity contribution in [2.24, 2.45) is 5.92 Å². The van der Waals surface area contributed by atoms with Crippen LogP contribution < -0.4 is 4.90 Å². The molecular formula is C8H15N3S3. The minimum absolute atomic E-state index is 0.620. The molecule has 80 valence electrons. The molecule has 0 aliphatic rings. The maximum absolute atomic E-state index is 4.25. The highest BCUT2D eigenvalue weighted by Gasteiger charge is 2.07. The molecule has 0 aromatic carbocycles. The fraction of sp³-hybridized carbons (Fsp3) is 0.750. The van der Waals surface area contributed by atoms with E-state index in [0.29, 0.717) is 5.92 Å². The van der Waals surface area contributed by atoms with E-state index in [1.165, 1.54) is 0 Å². The van der Waals surface area contributed by atoms with Crippen LogP contribution >= 0.6 is 35.7 Å². The third-order valence-corrected chi connectivity index (χ3v) is 4.76. The van der Waals surface area contributed by atoms with E-state index < -0.39 is 0 Å². The first kappa shape index (κ1) is 12.1. The Hall–Kier alpha value is 0.0600. The molecule has 0 N–H and O–H groups in total. The van der Waals surface area contributed by atoms with Crippen molar-refractivity contribution >= 4 is 40.9 Å². The fourth-order valence-corrected chi connectivity index (χ4v) is 2.82. The Morgan fingerprint density at radius 1 is 1.50 bits per heavy atom. The number of hydrogen-bond acceptors (Lipinski definition) is 6. The Morgan fingerprint density at radius 2 is 2.21 bits per heavy atom. The molecule has 1 heterocycles. The highest BCUT2D eigenvalue weighted by atomic mass is 32.2. The van der Waals surface area contributed by atoms with Gasteiger partial charge in [-0.3, -0.25) is 0 Å². The average molecular weight is 249 g/mol. The Balaban J connectivity index is 2.44. The maximum atomic E-state index is 4.25. The predicted molar refractivity (Wildman–Crippen MR) is 68.0 cm³/mol. The lowest BCUT2D eigenvalue weighted by molar-refractivity contribution is 0.766. The van der Waals surface area contributed by atoms with E-state index in [2.05, 4.69) is 29.7 Å². The SMILES string of the molecule is CC(CS)CSc1nnc(N(C)C)s1. The lowest BCUT2D eigenvalue weighted by atomic mass is 10.3. The van der Waals surface area contributed by atoms with Crippen LogP contribution in [0.4, 0.5) is 5.13 Å². The number of rotatable bonds is 5. The molecule has 0 radical (unpaired) electrons. The standard InChI is InChI=1S/C8H15N3S3/c1-6(4-12)5-13-8-10-9-7(14-8)11(2)3/h6,12H,4-5H2,1-3H3. The number of anilines is 1. The Bertz CT molecular complexity index is 275. The van der Waals surface area contributed by atoms with E-state index >= 15 is 0 Å². The second-order valence-electron chi connectivity index (χ2n) is 3.34. The normalized spacial score (nSPS) is 12.9. The summed E-state index contributed by atoms with van der Waals surface area (Å²) in [6, 6.07) is 0. The molecule has 1 aromatic rings. The minimum atomic E-state index is 0.620. The van der Waals surface area contributed by atoms with Crippen molar-refractivity contribution in [2.75, 3.05) is 30.5 Å². The summed E-state index contributed by atoms with van der Waals surface area (Å²) in [6.45, 7) is 2.19. The lowest BCUT2D eigenvalue weighted by Gasteiger charge is -2.05. The van der Waals surface area contributed by atoms with Gasteiger partial charge in [0.05, 0.1) is 0 Å². The highest BCUT2D eigenvalue weighted by Crippen LogP contribution is 2.28. The highest BCUT2D eigenvalue weighted by molar-refractivity contribution is 8.01. The Morgan fingerprint density at radius 3 is 2.71 bits per heavy atom. The molecule has 0 saturated heterocycles. The van der Waals surface area contributed by atoms with E-state index in [-0.39, 0.29) is 0 Å². The van der Waals surface area contributed by atoms with Crippen LogP contribution in [-0.4, -0.2) is 35.8 Å². The largest absolute Gasteiger partial charge is 0.353 e. The monoisotopic (exact) mass is 249 g/mol. The van der Waals surface area contributed by atoms with Crippen molar-refractivity contribution in [1.82, 2.24) is 10.2 Å². The predicted octanol–water partition coefficient (Wildman–Crippen LogP) is 2.26. The quantitative estimate of drug-likeness (QED) is 0.640. The summed E-state index contributed by atoms with van der Waals surface area (Å²) in [5, 5.41) is 9.15. The topological polar surface area (TPSA) is 29.0 Å². The molecule has 0 aliphatic heterocycles. The first-order valence-corrected chi connectivity index (χ1v) is 6.81. The van der Waals surface area contributed by atoms with Crippen LogP contribution in [0.25, 0.3) is 0 Å². The number of nitrogens with zero attached hydrogens (tertiary/aromatic N) is 3. The van der Waals surface area contributed by atoms with Crippen LogP contribution in [0.3, 0.4) is 0 Å². The second-order valence-corrected chi connectivity index (χ2v) is 5.93. The molecule has 0 bridgehead atoms. The molecule has 1 rings (SSSR count).